The molecule has 1 aromatic carbocycles. The molecule has 0 saturated heterocycles. The Hall–Kier alpha value is -2.16. The van der Waals surface area contributed by atoms with Gasteiger partial charge < -0.3 is 10.6 Å². The third kappa shape index (κ3) is 2.94. The quantitative estimate of drug-likeness (QED) is 0.835. The van der Waals surface area contributed by atoms with E-state index in [1.165, 1.54) is 11.9 Å². The van der Waals surface area contributed by atoms with Crippen LogP contribution in [0.3, 0.4) is 0 Å². The van der Waals surface area contributed by atoms with Crippen LogP contribution in [0.4, 0.5) is 14.5 Å². The van der Waals surface area contributed by atoms with Gasteiger partial charge in [-0.15, -0.1) is 0 Å². The predicted molar refractivity (Wildman–Crippen MR) is 62.5 cm³/mol. The zero-order valence-corrected chi connectivity index (χ0v) is 10.1. The summed E-state index contributed by atoms with van der Waals surface area (Å²) in [5.41, 5.74) is 4.37. The van der Waals surface area contributed by atoms with Gasteiger partial charge >= 0.3 is 0 Å². The molecule has 0 saturated carbocycles. The Labute approximate surface area is 104 Å². The largest absolute Gasteiger partial charge is 0.394 e. The summed E-state index contributed by atoms with van der Waals surface area (Å²) in [6, 6.07) is 3.74. The standard InChI is InChI=1S/C12H13F2N3O/c1-7(5-15)6-17(2)12(18)8-3-9(13)11(16)10(14)4-8/h3-4,7H,6,16H2,1-2H3. The number of nitrogens with two attached hydrogens (primary N) is 1. The van der Waals surface area contributed by atoms with Gasteiger partial charge in [0.25, 0.3) is 5.91 Å². The van der Waals surface area contributed by atoms with Crippen LogP contribution in [0, 0.1) is 28.9 Å². The lowest BCUT2D eigenvalue weighted by molar-refractivity contribution is 0.0784. The third-order valence-electron chi connectivity index (χ3n) is 2.44. The number of halogens is 2. The molecule has 96 valence electrons. The number of hydrogen-bond donors (Lipinski definition) is 1. The molecule has 0 aliphatic rings. The predicted octanol–water partition coefficient (Wildman–Crippen LogP) is 1.78. The molecule has 0 fully saturated rings. The first-order chi connectivity index (χ1) is 8.36. The monoisotopic (exact) mass is 253 g/mol. The minimum absolute atomic E-state index is 0.133. The number of nitrogen functional groups attached to an aromatic ring is 1. The Balaban J connectivity index is 2.95. The second kappa shape index (κ2) is 5.45. The van der Waals surface area contributed by atoms with E-state index in [1.54, 1.807) is 6.92 Å². The van der Waals surface area contributed by atoms with Crippen LogP contribution in [0.15, 0.2) is 12.1 Å². The van der Waals surface area contributed by atoms with Gasteiger partial charge in [-0.2, -0.15) is 5.26 Å². The van der Waals surface area contributed by atoms with E-state index in [2.05, 4.69) is 0 Å². The summed E-state index contributed by atoms with van der Waals surface area (Å²) in [4.78, 5) is 13.1. The van der Waals surface area contributed by atoms with E-state index in [-0.39, 0.29) is 18.0 Å². The number of nitriles is 1. The van der Waals surface area contributed by atoms with E-state index in [4.69, 9.17) is 11.0 Å². The number of carbonyl (C=O) groups is 1. The van der Waals surface area contributed by atoms with E-state index in [9.17, 15) is 13.6 Å². The molecule has 6 heteroatoms. The molecule has 0 aromatic heterocycles. The first kappa shape index (κ1) is 13.9. The summed E-state index contributed by atoms with van der Waals surface area (Å²) >= 11 is 0. The van der Waals surface area contributed by atoms with Gasteiger partial charge in [-0.25, -0.2) is 8.78 Å². The molecule has 0 bridgehead atoms. The molecular formula is C12H13F2N3O. The van der Waals surface area contributed by atoms with Crippen LogP contribution in [-0.4, -0.2) is 24.4 Å². The number of benzene rings is 1. The van der Waals surface area contributed by atoms with Gasteiger partial charge in [0.15, 0.2) is 0 Å². The van der Waals surface area contributed by atoms with E-state index < -0.39 is 23.2 Å². The highest BCUT2D eigenvalue weighted by Crippen LogP contribution is 2.18. The van der Waals surface area contributed by atoms with Gasteiger partial charge in [-0.05, 0) is 19.1 Å². The van der Waals surface area contributed by atoms with Crippen molar-refractivity contribution in [3.05, 3.63) is 29.3 Å². The second-order valence-electron chi connectivity index (χ2n) is 4.07. The van der Waals surface area contributed by atoms with E-state index in [1.807, 2.05) is 6.07 Å². The van der Waals surface area contributed by atoms with Crippen molar-refractivity contribution in [3.8, 4) is 6.07 Å². The third-order valence-corrected chi connectivity index (χ3v) is 2.44. The van der Waals surface area contributed by atoms with Crippen LogP contribution in [0.5, 0.6) is 0 Å². The van der Waals surface area contributed by atoms with Crippen molar-refractivity contribution in [1.82, 2.24) is 4.90 Å². The Morgan fingerprint density at radius 3 is 2.44 bits per heavy atom. The molecule has 0 aliphatic carbocycles. The molecule has 1 unspecified atom stereocenters. The maximum absolute atomic E-state index is 13.2. The molecule has 0 heterocycles. The molecule has 18 heavy (non-hydrogen) atoms. The first-order valence-electron chi connectivity index (χ1n) is 5.26. The maximum atomic E-state index is 13.2. The van der Waals surface area contributed by atoms with Crippen molar-refractivity contribution < 1.29 is 13.6 Å². The molecule has 2 N–H and O–H groups in total. The maximum Gasteiger partial charge on any atom is 0.253 e. The van der Waals surface area contributed by atoms with E-state index in [0.29, 0.717) is 0 Å². The lowest BCUT2D eigenvalue weighted by Crippen LogP contribution is -2.30. The number of nitrogens with zero attached hydrogens (tertiary/aromatic N) is 2. The van der Waals surface area contributed by atoms with Crippen LogP contribution in [-0.2, 0) is 0 Å². The van der Waals surface area contributed by atoms with Gasteiger partial charge in [0.05, 0.1) is 12.0 Å². The van der Waals surface area contributed by atoms with Crippen molar-refractivity contribution in [2.75, 3.05) is 19.3 Å². The average Bonchev–Trinajstić information content (AvgIpc) is 2.33. The van der Waals surface area contributed by atoms with Crippen molar-refractivity contribution in [1.29, 1.82) is 5.26 Å². The Morgan fingerprint density at radius 2 is 2.00 bits per heavy atom. The lowest BCUT2D eigenvalue weighted by Gasteiger charge is -2.18. The molecule has 1 amide bonds. The normalized spacial score (nSPS) is 11.7. The van der Waals surface area contributed by atoms with Gasteiger partial charge in [0, 0.05) is 19.2 Å². The van der Waals surface area contributed by atoms with Crippen molar-refractivity contribution >= 4 is 11.6 Å². The molecule has 1 atom stereocenters. The Kier molecular flexibility index (Phi) is 4.21. The molecule has 4 nitrogen and oxygen atoms in total. The topological polar surface area (TPSA) is 70.1 Å². The SMILES string of the molecule is CC(C#N)CN(C)C(=O)c1cc(F)c(N)c(F)c1. The number of rotatable bonds is 3. The van der Waals surface area contributed by atoms with Crippen LogP contribution in [0.2, 0.25) is 0 Å². The van der Waals surface area contributed by atoms with Gasteiger partial charge in [0.2, 0.25) is 0 Å². The Bertz CT molecular complexity index is 488. The van der Waals surface area contributed by atoms with Crippen molar-refractivity contribution in [2.24, 2.45) is 5.92 Å². The second-order valence-corrected chi connectivity index (χ2v) is 4.07. The molecule has 1 rings (SSSR count). The van der Waals surface area contributed by atoms with Gasteiger partial charge in [0.1, 0.15) is 17.3 Å². The first-order valence-corrected chi connectivity index (χ1v) is 5.26. The summed E-state index contributed by atoms with van der Waals surface area (Å²) in [5.74, 6) is -2.86. The average molecular weight is 253 g/mol. The zero-order valence-electron chi connectivity index (χ0n) is 10.1. The highest BCUT2D eigenvalue weighted by Gasteiger charge is 2.17. The fourth-order valence-electron chi connectivity index (χ4n) is 1.46. The van der Waals surface area contributed by atoms with Crippen LogP contribution >= 0.6 is 0 Å². The number of amides is 1. The minimum atomic E-state index is -0.972. The highest BCUT2D eigenvalue weighted by molar-refractivity contribution is 5.94. The summed E-state index contributed by atoms with van der Waals surface area (Å²) < 4.78 is 26.4. The lowest BCUT2D eigenvalue weighted by atomic mass is 10.1. The molecule has 0 radical (unpaired) electrons. The van der Waals surface area contributed by atoms with Crippen LogP contribution in [0.1, 0.15) is 17.3 Å². The number of anilines is 1. The molecule has 0 spiro atoms. The Morgan fingerprint density at radius 1 is 1.50 bits per heavy atom. The minimum Gasteiger partial charge on any atom is -0.394 e. The number of carbonyl (C=O) groups excluding carboxylic acids is 1. The van der Waals surface area contributed by atoms with E-state index in [0.717, 1.165) is 12.1 Å². The molecule has 0 aliphatic heterocycles. The molecule has 1 aromatic rings. The summed E-state index contributed by atoms with van der Waals surface area (Å²) in [7, 11) is 1.46. The van der Waals surface area contributed by atoms with E-state index >= 15 is 0 Å². The summed E-state index contributed by atoms with van der Waals surface area (Å²) in [6.45, 7) is 1.83. The highest BCUT2D eigenvalue weighted by atomic mass is 19.1. The fraction of sp³-hybridized carbons (Fsp3) is 0.333. The van der Waals surface area contributed by atoms with Crippen LogP contribution < -0.4 is 5.73 Å². The van der Waals surface area contributed by atoms with Crippen LogP contribution in [0.25, 0.3) is 0 Å². The smallest absolute Gasteiger partial charge is 0.253 e. The summed E-state index contributed by atoms with van der Waals surface area (Å²) in [6.07, 6.45) is 0. The molecular weight excluding hydrogens is 240 g/mol. The van der Waals surface area contributed by atoms with Crippen molar-refractivity contribution in [3.63, 3.8) is 0 Å². The number of hydrogen-bond acceptors (Lipinski definition) is 3. The summed E-state index contributed by atoms with van der Waals surface area (Å²) in [5, 5.41) is 8.64. The van der Waals surface area contributed by atoms with Gasteiger partial charge in [-0.1, -0.05) is 0 Å². The van der Waals surface area contributed by atoms with Gasteiger partial charge in [-0.3, -0.25) is 4.79 Å². The zero-order chi connectivity index (χ0) is 13.9. The van der Waals surface area contributed by atoms with Crippen molar-refractivity contribution in [2.45, 2.75) is 6.92 Å². The fourth-order valence-corrected chi connectivity index (χ4v) is 1.46.